The molecule has 2 rings (SSSR count). The molecule has 0 saturated heterocycles. The molecule has 7 heteroatoms. The highest BCUT2D eigenvalue weighted by atomic mass is 32.1. The molecule has 0 aliphatic rings. The minimum absolute atomic E-state index is 0.177. The third-order valence-corrected chi connectivity index (χ3v) is 3.96. The normalized spacial score (nSPS) is 10.7. The lowest BCUT2D eigenvalue weighted by molar-refractivity contribution is -0.131. The predicted octanol–water partition coefficient (Wildman–Crippen LogP) is 2.23. The van der Waals surface area contributed by atoms with Crippen molar-refractivity contribution >= 4 is 40.6 Å². The largest absolute Gasteiger partial charge is 0.478 e. The van der Waals surface area contributed by atoms with E-state index in [-0.39, 0.29) is 5.91 Å². The summed E-state index contributed by atoms with van der Waals surface area (Å²) in [6.07, 6.45) is 4.11. The molecule has 0 unspecified atom stereocenters. The fourth-order valence-corrected chi connectivity index (χ4v) is 2.72. The first kappa shape index (κ1) is 13.4. The summed E-state index contributed by atoms with van der Waals surface area (Å²) < 4.78 is 0. The topological polar surface area (TPSA) is 79.3 Å². The van der Waals surface area contributed by atoms with E-state index < -0.39 is 5.97 Å². The van der Waals surface area contributed by atoms with Gasteiger partial charge in [-0.25, -0.2) is 4.79 Å². The van der Waals surface area contributed by atoms with Gasteiger partial charge in [0, 0.05) is 11.0 Å². The van der Waals surface area contributed by atoms with E-state index in [0.29, 0.717) is 11.4 Å². The van der Waals surface area contributed by atoms with Gasteiger partial charge in [-0.2, -0.15) is 0 Å². The Morgan fingerprint density at radius 2 is 2.26 bits per heavy atom. The molecular formula is C12H10N2O3S2. The molecule has 0 aromatic carbocycles. The number of thiazole rings is 1. The number of carboxylic acid groups (broad SMARTS) is 1. The van der Waals surface area contributed by atoms with Gasteiger partial charge in [0.2, 0.25) is 0 Å². The van der Waals surface area contributed by atoms with Crippen molar-refractivity contribution in [2.75, 3.05) is 0 Å². The summed E-state index contributed by atoms with van der Waals surface area (Å²) in [6.45, 7) is 0.369. The van der Waals surface area contributed by atoms with Gasteiger partial charge in [0.25, 0.3) is 5.91 Å². The van der Waals surface area contributed by atoms with Crippen LogP contribution in [0.3, 0.4) is 0 Å². The maximum Gasteiger partial charge on any atom is 0.328 e. The van der Waals surface area contributed by atoms with Crippen LogP contribution >= 0.6 is 22.7 Å². The average Bonchev–Trinajstić information content (AvgIpc) is 3.04. The van der Waals surface area contributed by atoms with Crippen LogP contribution in [0.1, 0.15) is 20.1 Å². The van der Waals surface area contributed by atoms with Crippen LogP contribution in [0.15, 0.2) is 29.2 Å². The van der Waals surface area contributed by atoms with Gasteiger partial charge in [-0.3, -0.25) is 9.78 Å². The first-order valence-electron chi connectivity index (χ1n) is 5.31. The summed E-state index contributed by atoms with van der Waals surface area (Å²) in [5.41, 5.74) is 2.40. The van der Waals surface area contributed by atoms with Crippen molar-refractivity contribution in [1.82, 2.24) is 10.3 Å². The number of carboxylic acids is 1. The Balaban J connectivity index is 1.98. The third-order valence-electron chi connectivity index (χ3n) is 2.25. The highest BCUT2D eigenvalue weighted by Crippen LogP contribution is 2.18. The molecule has 19 heavy (non-hydrogen) atoms. The molecule has 2 aromatic rings. The third kappa shape index (κ3) is 3.73. The lowest BCUT2D eigenvalue weighted by atomic mass is 10.2. The van der Waals surface area contributed by atoms with E-state index in [9.17, 15) is 9.59 Å². The molecule has 0 aliphatic carbocycles. The second kappa shape index (κ2) is 6.26. The fraction of sp³-hybridized carbons (Fsp3) is 0.0833. The average molecular weight is 294 g/mol. The van der Waals surface area contributed by atoms with Gasteiger partial charge in [0.1, 0.15) is 4.88 Å². The standard InChI is InChI=1S/C12H10N2O3S2/c15-11(16)2-1-8-3-4-18-9(8)6-14-12(17)10-5-13-7-19-10/h1-5,7H,6H2,(H,14,17)(H,15,16)/b2-1+. The molecule has 0 saturated carbocycles. The van der Waals surface area contributed by atoms with Gasteiger partial charge in [-0.1, -0.05) is 0 Å². The van der Waals surface area contributed by atoms with Gasteiger partial charge in [-0.15, -0.1) is 22.7 Å². The summed E-state index contributed by atoms with van der Waals surface area (Å²) in [6, 6.07) is 1.82. The van der Waals surface area contributed by atoms with Gasteiger partial charge in [0.15, 0.2) is 0 Å². The van der Waals surface area contributed by atoms with Crippen molar-refractivity contribution < 1.29 is 14.7 Å². The van der Waals surface area contributed by atoms with Gasteiger partial charge in [-0.05, 0) is 23.1 Å². The molecule has 5 nitrogen and oxygen atoms in total. The van der Waals surface area contributed by atoms with E-state index in [4.69, 9.17) is 5.11 Å². The number of aliphatic carboxylic acids is 1. The quantitative estimate of drug-likeness (QED) is 0.829. The summed E-state index contributed by atoms with van der Waals surface area (Å²) in [5.74, 6) is -1.17. The second-order valence-corrected chi connectivity index (χ2v) is 5.41. The van der Waals surface area contributed by atoms with Gasteiger partial charge < -0.3 is 10.4 Å². The van der Waals surface area contributed by atoms with E-state index in [2.05, 4.69) is 10.3 Å². The van der Waals surface area contributed by atoms with E-state index in [0.717, 1.165) is 16.5 Å². The zero-order valence-corrected chi connectivity index (χ0v) is 11.3. The highest BCUT2D eigenvalue weighted by Gasteiger charge is 2.08. The van der Waals surface area contributed by atoms with Crippen molar-refractivity contribution in [3.8, 4) is 0 Å². The summed E-state index contributed by atoms with van der Waals surface area (Å²) in [5, 5.41) is 13.2. The number of carbonyl (C=O) groups is 2. The Labute approximate surface area is 117 Å². The zero-order chi connectivity index (χ0) is 13.7. The van der Waals surface area contributed by atoms with Crippen LogP contribution in [-0.4, -0.2) is 22.0 Å². The van der Waals surface area contributed by atoms with Crippen LogP contribution in [-0.2, 0) is 11.3 Å². The number of carbonyl (C=O) groups excluding carboxylic acids is 1. The minimum Gasteiger partial charge on any atom is -0.478 e. The Morgan fingerprint density at radius 3 is 2.95 bits per heavy atom. The number of nitrogens with zero attached hydrogens (tertiary/aromatic N) is 1. The molecule has 0 aliphatic heterocycles. The first-order valence-corrected chi connectivity index (χ1v) is 7.07. The van der Waals surface area contributed by atoms with Crippen molar-refractivity contribution in [3.63, 3.8) is 0 Å². The van der Waals surface area contributed by atoms with E-state index in [1.165, 1.54) is 34.9 Å². The summed E-state index contributed by atoms with van der Waals surface area (Å²) in [7, 11) is 0. The lowest BCUT2D eigenvalue weighted by Gasteiger charge is -2.02. The highest BCUT2D eigenvalue weighted by molar-refractivity contribution is 7.11. The zero-order valence-electron chi connectivity index (χ0n) is 9.70. The van der Waals surface area contributed by atoms with Gasteiger partial charge >= 0.3 is 5.97 Å². The Bertz CT molecular complexity index is 602. The van der Waals surface area contributed by atoms with Crippen LogP contribution in [0.2, 0.25) is 0 Å². The molecule has 0 radical (unpaired) electrons. The summed E-state index contributed by atoms with van der Waals surface area (Å²) in [4.78, 5) is 27.5. The molecule has 0 bridgehead atoms. The number of nitrogens with one attached hydrogen (secondary N) is 1. The molecule has 2 heterocycles. The molecule has 2 N–H and O–H groups in total. The molecular weight excluding hydrogens is 284 g/mol. The predicted molar refractivity (Wildman–Crippen MR) is 74.3 cm³/mol. The SMILES string of the molecule is O=C(O)/C=C/c1ccsc1CNC(=O)c1cncs1. The van der Waals surface area contributed by atoms with Crippen molar-refractivity contribution in [2.45, 2.75) is 6.54 Å². The molecule has 1 amide bonds. The van der Waals surface area contributed by atoms with E-state index >= 15 is 0 Å². The number of hydrogen-bond acceptors (Lipinski definition) is 5. The monoisotopic (exact) mass is 294 g/mol. The molecule has 98 valence electrons. The van der Waals surface area contributed by atoms with Crippen LogP contribution in [0.5, 0.6) is 0 Å². The number of thiophene rings is 1. The number of aromatic nitrogens is 1. The summed E-state index contributed by atoms with van der Waals surface area (Å²) >= 11 is 2.74. The molecule has 2 aromatic heterocycles. The fourth-order valence-electron chi connectivity index (χ4n) is 1.38. The Kier molecular flexibility index (Phi) is 4.43. The van der Waals surface area contributed by atoms with Crippen molar-refractivity contribution in [2.24, 2.45) is 0 Å². The van der Waals surface area contributed by atoms with Crippen LogP contribution < -0.4 is 5.32 Å². The molecule has 0 spiro atoms. The van der Waals surface area contributed by atoms with Crippen molar-refractivity contribution in [3.05, 3.63) is 44.5 Å². The molecule has 0 fully saturated rings. The van der Waals surface area contributed by atoms with Crippen LogP contribution in [0.25, 0.3) is 6.08 Å². The first-order chi connectivity index (χ1) is 9.16. The van der Waals surface area contributed by atoms with E-state index in [1.54, 1.807) is 5.51 Å². The maximum absolute atomic E-state index is 11.7. The molecule has 0 atom stereocenters. The smallest absolute Gasteiger partial charge is 0.328 e. The lowest BCUT2D eigenvalue weighted by Crippen LogP contribution is -2.21. The second-order valence-electron chi connectivity index (χ2n) is 3.52. The number of rotatable bonds is 5. The van der Waals surface area contributed by atoms with Crippen LogP contribution in [0, 0.1) is 0 Å². The Morgan fingerprint density at radius 1 is 1.42 bits per heavy atom. The van der Waals surface area contributed by atoms with E-state index in [1.807, 2.05) is 11.4 Å². The van der Waals surface area contributed by atoms with Crippen molar-refractivity contribution in [1.29, 1.82) is 0 Å². The number of hydrogen-bond donors (Lipinski definition) is 2. The maximum atomic E-state index is 11.7. The number of amides is 1. The minimum atomic E-state index is -0.995. The Hall–Kier alpha value is -1.99. The van der Waals surface area contributed by atoms with Gasteiger partial charge in [0.05, 0.1) is 18.3 Å². The van der Waals surface area contributed by atoms with Crippen LogP contribution in [0.4, 0.5) is 0 Å².